The van der Waals surface area contributed by atoms with Gasteiger partial charge in [0.25, 0.3) is 5.78 Å². The molecule has 1 aliphatic heterocycles. The van der Waals surface area contributed by atoms with Crippen LogP contribution in [0.1, 0.15) is 43.0 Å². The van der Waals surface area contributed by atoms with E-state index >= 15 is 0 Å². The SMILES string of the molecule is COc1ccccc1C[C@@H](NC(C)=O)C(=O)NC1CCN(c2c3c(nc4ncnn24)CCC3)CC1. The number of nitrogens with one attached hydrogen (secondary N) is 2. The Hall–Kier alpha value is -3.69. The van der Waals surface area contributed by atoms with Gasteiger partial charge in [0, 0.05) is 38.0 Å². The highest BCUT2D eigenvalue weighted by molar-refractivity contribution is 5.87. The van der Waals surface area contributed by atoms with Crippen LogP contribution in [0.2, 0.25) is 0 Å². The van der Waals surface area contributed by atoms with Crippen LogP contribution in [0.4, 0.5) is 5.82 Å². The molecule has 0 radical (unpaired) electrons. The lowest BCUT2D eigenvalue weighted by Gasteiger charge is -2.35. The molecule has 1 saturated heterocycles. The highest BCUT2D eigenvalue weighted by Gasteiger charge is 2.30. The summed E-state index contributed by atoms with van der Waals surface area (Å²) in [6.07, 6.45) is 6.62. The molecule has 2 aromatic heterocycles. The van der Waals surface area contributed by atoms with Crippen LogP contribution >= 0.6 is 0 Å². The summed E-state index contributed by atoms with van der Waals surface area (Å²) < 4.78 is 7.28. The fourth-order valence-corrected chi connectivity index (χ4v) is 5.21. The minimum absolute atomic E-state index is 0.0359. The maximum atomic E-state index is 13.2. The van der Waals surface area contributed by atoms with Gasteiger partial charge in [-0.05, 0) is 43.7 Å². The molecule has 10 nitrogen and oxygen atoms in total. The molecular formula is C25H31N7O3. The average molecular weight is 478 g/mol. The Bertz CT molecular complexity index is 1230. The second kappa shape index (κ2) is 9.89. The highest BCUT2D eigenvalue weighted by Crippen LogP contribution is 2.32. The number of para-hydroxylation sites is 1. The molecule has 1 fully saturated rings. The molecule has 1 aromatic carbocycles. The van der Waals surface area contributed by atoms with Gasteiger partial charge in [0.2, 0.25) is 11.8 Å². The fourth-order valence-electron chi connectivity index (χ4n) is 5.21. The number of carbonyl (C=O) groups is 2. The van der Waals surface area contributed by atoms with Crippen LogP contribution in [-0.4, -0.2) is 63.7 Å². The number of piperidine rings is 1. The van der Waals surface area contributed by atoms with Crippen LogP contribution in [0.15, 0.2) is 30.6 Å². The lowest BCUT2D eigenvalue weighted by molar-refractivity contribution is -0.128. The van der Waals surface area contributed by atoms with Gasteiger partial charge in [-0.25, -0.2) is 4.98 Å². The minimum Gasteiger partial charge on any atom is -0.496 e. The summed E-state index contributed by atoms with van der Waals surface area (Å²) >= 11 is 0. The number of aromatic nitrogens is 4. The molecule has 1 aliphatic carbocycles. The quantitative estimate of drug-likeness (QED) is 0.530. The summed E-state index contributed by atoms with van der Waals surface area (Å²) in [6, 6.07) is 6.93. The Labute approximate surface area is 204 Å². The van der Waals surface area contributed by atoms with E-state index in [1.54, 1.807) is 13.4 Å². The second-order valence-corrected chi connectivity index (χ2v) is 9.23. The number of fused-ring (bicyclic) bond motifs is 2. The first-order chi connectivity index (χ1) is 17.0. The van der Waals surface area contributed by atoms with E-state index < -0.39 is 6.04 Å². The van der Waals surface area contributed by atoms with Crippen molar-refractivity contribution in [3.8, 4) is 5.75 Å². The molecular weight excluding hydrogens is 446 g/mol. The maximum absolute atomic E-state index is 13.2. The fraction of sp³-hybridized carbons (Fsp3) is 0.480. The van der Waals surface area contributed by atoms with Crippen molar-refractivity contribution in [3.63, 3.8) is 0 Å². The van der Waals surface area contributed by atoms with E-state index in [4.69, 9.17) is 4.74 Å². The van der Waals surface area contributed by atoms with Crippen molar-refractivity contribution in [2.45, 2.75) is 57.5 Å². The van der Waals surface area contributed by atoms with Crippen LogP contribution < -0.4 is 20.3 Å². The molecule has 0 bridgehead atoms. The topological polar surface area (TPSA) is 114 Å². The lowest BCUT2D eigenvalue weighted by atomic mass is 10.0. The van der Waals surface area contributed by atoms with Crippen molar-refractivity contribution >= 4 is 23.4 Å². The zero-order chi connectivity index (χ0) is 24.4. The van der Waals surface area contributed by atoms with Crippen molar-refractivity contribution < 1.29 is 14.3 Å². The molecule has 184 valence electrons. The van der Waals surface area contributed by atoms with E-state index in [9.17, 15) is 9.59 Å². The van der Waals surface area contributed by atoms with Gasteiger partial charge >= 0.3 is 0 Å². The Morgan fingerprint density at radius 3 is 2.77 bits per heavy atom. The molecule has 0 spiro atoms. The number of carbonyl (C=O) groups excluding carboxylic acids is 2. The third-order valence-corrected chi connectivity index (χ3v) is 6.88. The van der Waals surface area contributed by atoms with Gasteiger partial charge in [0.05, 0.1) is 12.8 Å². The zero-order valence-corrected chi connectivity index (χ0v) is 20.2. The average Bonchev–Trinajstić information content (AvgIpc) is 3.52. The van der Waals surface area contributed by atoms with Gasteiger partial charge in [-0.1, -0.05) is 18.2 Å². The Kier molecular flexibility index (Phi) is 6.52. The summed E-state index contributed by atoms with van der Waals surface area (Å²) in [5.41, 5.74) is 3.28. The third-order valence-electron chi connectivity index (χ3n) is 6.88. The first-order valence-electron chi connectivity index (χ1n) is 12.2. The van der Waals surface area contributed by atoms with E-state index in [1.807, 2.05) is 28.8 Å². The monoisotopic (exact) mass is 477 g/mol. The van der Waals surface area contributed by atoms with Gasteiger partial charge < -0.3 is 20.3 Å². The number of amides is 2. The number of rotatable bonds is 7. The van der Waals surface area contributed by atoms with Crippen molar-refractivity contribution in [1.82, 2.24) is 30.2 Å². The summed E-state index contributed by atoms with van der Waals surface area (Å²) in [5.74, 6) is 2.03. The number of ether oxygens (including phenoxy) is 1. The smallest absolute Gasteiger partial charge is 0.254 e. The molecule has 10 heteroatoms. The standard InChI is InChI=1S/C25H31N7O3/c1-16(33)28-21(14-17-6-3-4-9-22(17)35-2)23(34)29-18-10-12-31(13-11-18)24-19-7-5-8-20(19)30-25-26-15-27-32(24)25/h3-4,6,9,15,18,21H,5,7-8,10-14H2,1-2H3,(H,28,33)(H,29,34)/t21-/m1/s1. The van der Waals surface area contributed by atoms with Gasteiger partial charge in [-0.15, -0.1) is 0 Å². The number of aryl methyl sites for hydroxylation is 1. The molecule has 2 N–H and O–H groups in total. The summed E-state index contributed by atoms with van der Waals surface area (Å²) in [6.45, 7) is 3.03. The molecule has 5 rings (SSSR count). The predicted molar refractivity (Wildman–Crippen MR) is 130 cm³/mol. The van der Waals surface area contributed by atoms with Crippen LogP contribution in [0.25, 0.3) is 5.78 Å². The predicted octanol–water partition coefficient (Wildman–Crippen LogP) is 1.45. The summed E-state index contributed by atoms with van der Waals surface area (Å²) in [7, 11) is 1.60. The number of hydrogen-bond donors (Lipinski definition) is 2. The maximum Gasteiger partial charge on any atom is 0.254 e. The van der Waals surface area contributed by atoms with Crippen molar-refractivity contribution in [3.05, 3.63) is 47.4 Å². The Balaban J connectivity index is 1.26. The van der Waals surface area contributed by atoms with E-state index in [-0.39, 0.29) is 17.9 Å². The van der Waals surface area contributed by atoms with Crippen molar-refractivity contribution in [2.24, 2.45) is 0 Å². The lowest BCUT2D eigenvalue weighted by Crippen LogP contribution is -2.52. The number of benzene rings is 1. The number of methoxy groups -OCH3 is 1. The van der Waals surface area contributed by atoms with Crippen molar-refractivity contribution in [2.75, 3.05) is 25.1 Å². The Morgan fingerprint density at radius 2 is 2.00 bits per heavy atom. The zero-order valence-electron chi connectivity index (χ0n) is 20.2. The highest BCUT2D eigenvalue weighted by atomic mass is 16.5. The van der Waals surface area contributed by atoms with E-state index in [0.29, 0.717) is 17.9 Å². The van der Waals surface area contributed by atoms with E-state index in [2.05, 4.69) is 30.6 Å². The number of hydrogen-bond acceptors (Lipinski definition) is 7. The molecule has 2 amide bonds. The molecule has 0 unspecified atom stereocenters. The van der Waals surface area contributed by atoms with Crippen LogP contribution in [-0.2, 0) is 28.9 Å². The van der Waals surface area contributed by atoms with Gasteiger partial charge in [-0.2, -0.15) is 14.6 Å². The molecule has 3 heterocycles. The third kappa shape index (κ3) is 4.78. The molecule has 3 aromatic rings. The molecule has 1 atom stereocenters. The van der Waals surface area contributed by atoms with E-state index in [0.717, 1.165) is 62.3 Å². The van der Waals surface area contributed by atoms with E-state index in [1.165, 1.54) is 12.5 Å². The van der Waals surface area contributed by atoms with Crippen molar-refractivity contribution in [1.29, 1.82) is 0 Å². The molecule has 35 heavy (non-hydrogen) atoms. The summed E-state index contributed by atoms with van der Waals surface area (Å²) in [5, 5.41) is 10.4. The number of nitrogens with zero attached hydrogens (tertiary/aromatic N) is 5. The largest absolute Gasteiger partial charge is 0.496 e. The number of anilines is 1. The van der Waals surface area contributed by atoms with Crippen LogP contribution in [0, 0.1) is 0 Å². The van der Waals surface area contributed by atoms with Gasteiger partial charge in [-0.3, -0.25) is 9.59 Å². The van der Waals surface area contributed by atoms with Crippen LogP contribution in [0.5, 0.6) is 5.75 Å². The van der Waals surface area contributed by atoms with Gasteiger partial charge in [0.15, 0.2) is 0 Å². The summed E-state index contributed by atoms with van der Waals surface area (Å²) in [4.78, 5) is 36.3. The second-order valence-electron chi connectivity index (χ2n) is 9.23. The normalized spacial score (nSPS) is 16.7. The first-order valence-corrected chi connectivity index (χ1v) is 12.2. The molecule has 0 saturated carbocycles. The minimum atomic E-state index is -0.667. The Morgan fingerprint density at radius 1 is 1.20 bits per heavy atom. The molecule has 2 aliphatic rings. The van der Waals surface area contributed by atoms with Crippen LogP contribution in [0.3, 0.4) is 0 Å². The van der Waals surface area contributed by atoms with Gasteiger partial charge in [0.1, 0.15) is 23.9 Å². The first kappa shape index (κ1) is 23.1.